The van der Waals surface area contributed by atoms with Crippen LogP contribution < -0.4 is 5.32 Å². The highest BCUT2D eigenvalue weighted by atomic mass is 35.5. The molecule has 1 fully saturated rings. The summed E-state index contributed by atoms with van der Waals surface area (Å²) in [5.41, 5.74) is 0.859. The molecule has 31 heavy (non-hydrogen) atoms. The molecule has 0 saturated carbocycles. The number of nitrogens with one attached hydrogen (secondary N) is 2. The monoisotopic (exact) mass is 443 g/mol. The zero-order valence-electron chi connectivity index (χ0n) is 16.9. The van der Waals surface area contributed by atoms with Gasteiger partial charge in [-0.05, 0) is 25.0 Å². The van der Waals surface area contributed by atoms with Crippen molar-refractivity contribution in [2.45, 2.75) is 25.0 Å². The molecule has 2 amide bonds. The van der Waals surface area contributed by atoms with E-state index in [1.165, 1.54) is 17.9 Å². The average molecular weight is 444 g/mol. The Morgan fingerprint density at radius 2 is 2.03 bits per heavy atom. The van der Waals surface area contributed by atoms with E-state index in [9.17, 15) is 14.7 Å². The Morgan fingerprint density at radius 3 is 2.74 bits per heavy atom. The summed E-state index contributed by atoms with van der Waals surface area (Å²) in [7, 11) is 1.51. The van der Waals surface area contributed by atoms with Gasteiger partial charge in [0.15, 0.2) is 5.69 Å². The van der Waals surface area contributed by atoms with E-state index in [1.807, 2.05) is 18.2 Å². The maximum Gasteiger partial charge on any atom is 0.273 e. The number of benzene rings is 1. The van der Waals surface area contributed by atoms with Crippen molar-refractivity contribution < 1.29 is 14.7 Å². The summed E-state index contributed by atoms with van der Waals surface area (Å²) in [5, 5.41) is 28.7. The third kappa shape index (κ3) is 4.44. The Kier molecular flexibility index (Phi) is 5.75. The molecule has 10 nitrogen and oxygen atoms in total. The summed E-state index contributed by atoms with van der Waals surface area (Å²) in [4.78, 5) is 26.2. The van der Waals surface area contributed by atoms with Crippen molar-refractivity contribution in [3.05, 3.63) is 52.9 Å². The molecule has 0 spiro atoms. The molecule has 1 saturated heterocycles. The van der Waals surface area contributed by atoms with Crippen LogP contribution in [0.4, 0.5) is 0 Å². The predicted octanol–water partition coefficient (Wildman–Crippen LogP) is 1.35. The fraction of sp³-hybridized carbons (Fsp3) is 0.350. The summed E-state index contributed by atoms with van der Waals surface area (Å²) in [5.74, 6) is -0.523. The van der Waals surface area contributed by atoms with E-state index in [-0.39, 0.29) is 24.1 Å². The van der Waals surface area contributed by atoms with E-state index in [0.29, 0.717) is 42.3 Å². The molecular weight excluding hydrogens is 422 g/mol. The zero-order chi connectivity index (χ0) is 22.0. The molecule has 4 rings (SSSR count). The first-order chi connectivity index (χ1) is 14.9. The average Bonchev–Trinajstić information content (AvgIpc) is 3.43. The molecule has 1 aromatic carbocycles. The standard InChI is InChI=1S/C20H22ClN7O3/c1-22-18(29)17-11-28(26-25-17)12-20(31)6-8-27(9-7-20)19(30)16-10-15(23-24-16)13-4-2-3-5-14(13)21/h2-5,10-11,31H,6-9,12H2,1H3,(H,22,29)(H,23,24). The van der Waals surface area contributed by atoms with Crippen molar-refractivity contribution in [2.24, 2.45) is 0 Å². The molecular formula is C20H22ClN7O3. The number of amides is 2. The van der Waals surface area contributed by atoms with Crippen molar-refractivity contribution in [2.75, 3.05) is 20.1 Å². The number of H-pyrrole nitrogens is 1. The van der Waals surface area contributed by atoms with Crippen molar-refractivity contribution >= 4 is 23.4 Å². The quantitative estimate of drug-likeness (QED) is 0.546. The molecule has 11 heteroatoms. The molecule has 1 aliphatic rings. The van der Waals surface area contributed by atoms with E-state index in [4.69, 9.17) is 11.6 Å². The van der Waals surface area contributed by atoms with Crippen LogP contribution in [0.5, 0.6) is 0 Å². The molecule has 3 heterocycles. The molecule has 0 bridgehead atoms. The minimum atomic E-state index is -1.04. The van der Waals surface area contributed by atoms with Gasteiger partial charge in [-0.15, -0.1) is 5.10 Å². The van der Waals surface area contributed by atoms with Crippen LogP contribution in [0.1, 0.15) is 33.8 Å². The lowest BCUT2D eigenvalue weighted by Gasteiger charge is -2.37. The second-order valence-corrected chi connectivity index (χ2v) is 7.95. The Bertz CT molecular complexity index is 1100. The summed E-state index contributed by atoms with van der Waals surface area (Å²) < 4.78 is 1.45. The molecule has 0 radical (unpaired) electrons. The van der Waals surface area contributed by atoms with Crippen LogP contribution in [0.25, 0.3) is 11.3 Å². The highest BCUT2D eigenvalue weighted by Crippen LogP contribution is 2.28. The number of likely N-dealkylation sites (tertiary alicyclic amines) is 1. The Hall–Kier alpha value is -3.24. The second kappa shape index (κ2) is 8.48. The highest BCUT2D eigenvalue weighted by molar-refractivity contribution is 6.33. The van der Waals surface area contributed by atoms with Crippen LogP contribution >= 0.6 is 11.6 Å². The van der Waals surface area contributed by atoms with Gasteiger partial charge in [0.2, 0.25) is 0 Å². The van der Waals surface area contributed by atoms with E-state index in [2.05, 4.69) is 25.8 Å². The van der Waals surface area contributed by atoms with Crippen molar-refractivity contribution in [1.82, 2.24) is 35.4 Å². The highest BCUT2D eigenvalue weighted by Gasteiger charge is 2.35. The normalized spacial score (nSPS) is 15.6. The number of aromatic amines is 1. The van der Waals surface area contributed by atoms with Crippen LogP contribution in [0.2, 0.25) is 5.02 Å². The number of nitrogens with zero attached hydrogens (tertiary/aromatic N) is 5. The summed E-state index contributed by atoms with van der Waals surface area (Å²) in [6.45, 7) is 0.958. The molecule has 3 N–H and O–H groups in total. The van der Waals surface area contributed by atoms with Gasteiger partial charge in [-0.2, -0.15) is 5.10 Å². The topological polar surface area (TPSA) is 129 Å². The lowest BCUT2D eigenvalue weighted by molar-refractivity contribution is -0.0319. The second-order valence-electron chi connectivity index (χ2n) is 7.54. The van der Waals surface area contributed by atoms with Crippen LogP contribution in [-0.4, -0.2) is 72.8 Å². The number of carbonyl (C=O) groups is 2. The van der Waals surface area contributed by atoms with Gasteiger partial charge in [0.1, 0.15) is 5.69 Å². The summed E-state index contributed by atoms with van der Waals surface area (Å²) >= 11 is 6.21. The number of rotatable bonds is 5. The maximum absolute atomic E-state index is 12.9. The lowest BCUT2D eigenvalue weighted by Crippen LogP contribution is -2.48. The van der Waals surface area contributed by atoms with Gasteiger partial charge >= 0.3 is 0 Å². The van der Waals surface area contributed by atoms with Crippen LogP contribution in [0, 0.1) is 0 Å². The van der Waals surface area contributed by atoms with Crippen molar-refractivity contribution in [3.63, 3.8) is 0 Å². The number of hydrogen-bond acceptors (Lipinski definition) is 6. The maximum atomic E-state index is 12.9. The lowest BCUT2D eigenvalue weighted by atomic mass is 9.91. The van der Waals surface area contributed by atoms with Crippen molar-refractivity contribution in [1.29, 1.82) is 0 Å². The summed E-state index contributed by atoms with van der Waals surface area (Å²) in [6.07, 6.45) is 2.24. The van der Waals surface area contributed by atoms with Gasteiger partial charge in [-0.1, -0.05) is 35.0 Å². The number of halogens is 1. The predicted molar refractivity (Wildman–Crippen MR) is 113 cm³/mol. The number of carbonyl (C=O) groups excluding carboxylic acids is 2. The SMILES string of the molecule is CNC(=O)c1cn(CC2(O)CCN(C(=O)c3cc(-c4ccccc4Cl)n[nH]3)CC2)nn1. The van der Waals surface area contributed by atoms with Crippen LogP contribution in [0.15, 0.2) is 36.5 Å². The first-order valence-corrected chi connectivity index (χ1v) is 10.2. The van der Waals surface area contributed by atoms with E-state index in [1.54, 1.807) is 17.0 Å². The van der Waals surface area contributed by atoms with Gasteiger partial charge < -0.3 is 15.3 Å². The number of piperidine rings is 1. The molecule has 2 aromatic heterocycles. The third-order valence-electron chi connectivity index (χ3n) is 5.39. The fourth-order valence-corrected chi connectivity index (χ4v) is 3.83. The first kappa shape index (κ1) is 21.0. The molecule has 0 unspecified atom stereocenters. The Balaban J connectivity index is 1.38. The molecule has 3 aromatic rings. The minimum Gasteiger partial charge on any atom is -0.388 e. The Labute approximate surface area is 183 Å². The van der Waals surface area contributed by atoms with Gasteiger partial charge in [0.25, 0.3) is 11.8 Å². The van der Waals surface area contributed by atoms with E-state index in [0.717, 1.165) is 5.56 Å². The molecule has 0 atom stereocenters. The third-order valence-corrected chi connectivity index (χ3v) is 5.72. The first-order valence-electron chi connectivity index (χ1n) is 9.83. The smallest absolute Gasteiger partial charge is 0.273 e. The van der Waals surface area contributed by atoms with E-state index < -0.39 is 5.60 Å². The minimum absolute atomic E-state index is 0.185. The van der Waals surface area contributed by atoms with Gasteiger partial charge in [-0.25, -0.2) is 4.68 Å². The van der Waals surface area contributed by atoms with Crippen molar-refractivity contribution in [3.8, 4) is 11.3 Å². The van der Waals surface area contributed by atoms with Gasteiger partial charge in [0.05, 0.1) is 29.1 Å². The largest absolute Gasteiger partial charge is 0.388 e. The van der Waals surface area contributed by atoms with Crippen LogP contribution in [0.3, 0.4) is 0 Å². The molecule has 162 valence electrons. The molecule has 0 aliphatic carbocycles. The number of aromatic nitrogens is 5. The number of hydrogen-bond donors (Lipinski definition) is 3. The van der Waals surface area contributed by atoms with Gasteiger partial charge in [-0.3, -0.25) is 14.7 Å². The van der Waals surface area contributed by atoms with Gasteiger partial charge in [0, 0.05) is 25.7 Å². The zero-order valence-corrected chi connectivity index (χ0v) is 17.6. The summed E-state index contributed by atoms with van der Waals surface area (Å²) in [6, 6.07) is 8.98. The fourth-order valence-electron chi connectivity index (χ4n) is 3.60. The Morgan fingerprint density at radius 1 is 1.29 bits per heavy atom. The van der Waals surface area contributed by atoms with E-state index >= 15 is 0 Å². The molecule has 1 aliphatic heterocycles. The van der Waals surface area contributed by atoms with Crippen LogP contribution in [-0.2, 0) is 6.54 Å². The number of aliphatic hydroxyl groups is 1.